The third-order valence-corrected chi connectivity index (χ3v) is 8.47. The molecule has 5 nitrogen and oxygen atoms in total. The first-order valence-electron chi connectivity index (χ1n) is 10.8. The first-order chi connectivity index (χ1) is 14.8. The van der Waals surface area contributed by atoms with Gasteiger partial charge in [0.1, 0.15) is 16.4 Å². The lowest BCUT2D eigenvalue weighted by Gasteiger charge is -2.39. The average Bonchev–Trinajstić information content (AvgIpc) is 2.75. The number of sulfonamides is 1. The van der Waals surface area contributed by atoms with Crippen LogP contribution >= 0.6 is 23.2 Å². The molecule has 4 rings (SSSR count). The standard InChI is InChI=1S/C23H28Cl2N2O3S/c1-17-5-6-22(30-21-15-18(24)14-19(25)16-21)23(13-17)31(28,29)27-11-7-20(8-12-27)26-9-3-2-4-10-26/h5-6,13-16,20H,2-4,7-12H2,1H3. The number of aryl methyl sites for hydroxylation is 1. The molecular weight excluding hydrogens is 455 g/mol. The van der Waals surface area contributed by atoms with E-state index in [1.807, 2.05) is 13.0 Å². The molecular formula is C23H28Cl2N2O3S. The van der Waals surface area contributed by atoms with Crippen LogP contribution in [0.25, 0.3) is 0 Å². The number of likely N-dealkylation sites (tertiary alicyclic amines) is 1. The second kappa shape index (κ2) is 9.67. The van der Waals surface area contributed by atoms with Gasteiger partial charge >= 0.3 is 0 Å². The van der Waals surface area contributed by atoms with E-state index in [0.29, 0.717) is 34.9 Å². The maximum Gasteiger partial charge on any atom is 0.246 e. The third kappa shape index (κ3) is 5.37. The van der Waals surface area contributed by atoms with Crippen LogP contribution in [0.1, 0.15) is 37.7 Å². The number of halogens is 2. The molecule has 2 fully saturated rings. The summed E-state index contributed by atoms with van der Waals surface area (Å²) in [5.74, 6) is 0.684. The van der Waals surface area contributed by atoms with Crippen LogP contribution in [-0.2, 0) is 10.0 Å². The highest BCUT2D eigenvalue weighted by Gasteiger charge is 2.33. The lowest BCUT2D eigenvalue weighted by Crippen LogP contribution is -2.48. The number of benzene rings is 2. The quantitative estimate of drug-likeness (QED) is 0.545. The SMILES string of the molecule is Cc1ccc(Oc2cc(Cl)cc(Cl)c2)c(S(=O)(=O)N2CCC(N3CCCCC3)CC2)c1. The van der Waals surface area contributed by atoms with Gasteiger partial charge in [-0.15, -0.1) is 0 Å². The molecule has 0 aromatic heterocycles. The van der Waals surface area contributed by atoms with Crippen molar-refractivity contribution in [2.45, 2.75) is 50.0 Å². The zero-order valence-electron chi connectivity index (χ0n) is 17.7. The Morgan fingerprint density at radius 2 is 1.55 bits per heavy atom. The van der Waals surface area contributed by atoms with Gasteiger partial charge in [0.05, 0.1) is 0 Å². The van der Waals surface area contributed by atoms with Crippen molar-refractivity contribution in [2.24, 2.45) is 0 Å². The fourth-order valence-electron chi connectivity index (χ4n) is 4.49. The summed E-state index contributed by atoms with van der Waals surface area (Å²) >= 11 is 12.2. The summed E-state index contributed by atoms with van der Waals surface area (Å²) in [6, 6.07) is 10.5. The molecule has 31 heavy (non-hydrogen) atoms. The van der Waals surface area contributed by atoms with Gasteiger partial charge in [0.25, 0.3) is 0 Å². The number of nitrogens with zero attached hydrogens (tertiary/aromatic N) is 2. The molecule has 2 aromatic rings. The molecule has 2 saturated heterocycles. The highest BCUT2D eigenvalue weighted by atomic mass is 35.5. The minimum absolute atomic E-state index is 0.181. The Kier molecular flexibility index (Phi) is 7.14. The molecule has 0 aliphatic carbocycles. The Balaban J connectivity index is 1.54. The number of rotatable bonds is 5. The highest BCUT2D eigenvalue weighted by Crippen LogP contribution is 2.35. The van der Waals surface area contributed by atoms with E-state index in [9.17, 15) is 8.42 Å². The van der Waals surface area contributed by atoms with E-state index in [1.54, 1.807) is 34.6 Å². The molecule has 2 heterocycles. The predicted octanol–water partition coefficient (Wildman–Crippen LogP) is 5.73. The molecule has 0 atom stereocenters. The molecule has 2 aliphatic heterocycles. The van der Waals surface area contributed by atoms with Crippen molar-refractivity contribution in [3.63, 3.8) is 0 Å². The molecule has 0 spiro atoms. The monoisotopic (exact) mass is 482 g/mol. The zero-order chi connectivity index (χ0) is 22.0. The van der Waals surface area contributed by atoms with Crippen molar-refractivity contribution >= 4 is 33.2 Å². The van der Waals surface area contributed by atoms with Crippen LogP contribution < -0.4 is 4.74 Å². The first kappa shape index (κ1) is 22.9. The minimum Gasteiger partial charge on any atom is -0.456 e. The van der Waals surface area contributed by atoms with Gasteiger partial charge in [0, 0.05) is 29.2 Å². The molecule has 2 aliphatic rings. The molecule has 0 N–H and O–H groups in total. The highest BCUT2D eigenvalue weighted by molar-refractivity contribution is 7.89. The predicted molar refractivity (Wildman–Crippen MR) is 125 cm³/mol. The van der Waals surface area contributed by atoms with Crippen LogP contribution in [0, 0.1) is 6.92 Å². The summed E-state index contributed by atoms with van der Waals surface area (Å²) in [6.45, 7) is 5.20. The van der Waals surface area contributed by atoms with Crippen LogP contribution in [0.4, 0.5) is 0 Å². The van der Waals surface area contributed by atoms with Gasteiger partial charge in [-0.2, -0.15) is 4.31 Å². The number of ether oxygens (including phenoxy) is 1. The summed E-state index contributed by atoms with van der Waals surface area (Å²) in [7, 11) is -3.69. The fourth-order valence-corrected chi connectivity index (χ4v) is 6.66. The summed E-state index contributed by atoms with van der Waals surface area (Å²) in [6.07, 6.45) is 5.53. The van der Waals surface area contributed by atoms with E-state index in [-0.39, 0.29) is 10.6 Å². The maximum atomic E-state index is 13.5. The van der Waals surface area contributed by atoms with Gasteiger partial charge in [-0.25, -0.2) is 8.42 Å². The largest absolute Gasteiger partial charge is 0.456 e. The molecule has 0 unspecified atom stereocenters. The lowest BCUT2D eigenvalue weighted by atomic mass is 10.0. The van der Waals surface area contributed by atoms with E-state index >= 15 is 0 Å². The Labute approximate surface area is 194 Å². The number of hydrogen-bond acceptors (Lipinski definition) is 4. The smallest absolute Gasteiger partial charge is 0.246 e. The van der Waals surface area contributed by atoms with Crippen LogP contribution in [-0.4, -0.2) is 49.8 Å². The number of piperidine rings is 2. The van der Waals surface area contributed by atoms with Crippen molar-refractivity contribution in [3.8, 4) is 11.5 Å². The van der Waals surface area contributed by atoms with E-state index in [0.717, 1.165) is 31.5 Å². The Morgan fingerprint density at radius 1 is 0.903 bits per heavy atom. The first-order valence-corrected chi connectivity index (χ1v) is 13.0. The van der Waals surface area contributed by atoms with Gasteiger partial charge in [-0.05, 0) is 81.6 Å². The van der Waals surface area contributed by atoms with E-state index in [4.69, 9.17) is 27.9 Å². The summed E-state index contributed by atoms with van der Waals surface area (Å²) < 4.78 is 34.6. The second-order valence-electron chi connectivity index (χ2n) is 8.39. The molecule has 168 valence electrons. The topological polar surface area (TPSA) is 49.9 Å². The lowest BCUT2D eigenvalue weighted by molar-refractivity contribution is 0.117. The molecule has 0 radical (unpaired) electrons. The molecule has 8 heteroatoms. The van der Waals surface area contributed by atoms with Crippen molar-refractivity contribution in [1.82, 2.24) is 9.21 Å². The van der Waals surface area contributed by atoms with E-state index < -0.39 is 10.0 Å². The van der Waals surface area contributed by atoms with Crippen LogP contribution in [0.5, 0.6) is 11.5 Å². The van der Waals surface area contributed by atoms with E-state index in [2.05, 4.69) is 4.90 Å². The van der Waals surface area contributed by atoms with Gasteiger partial charge < -0.3 is 9.64 Å². The summed E-state index contributed by atoms with van der Waals surface area (Å²) in [5.41, 5.74) is 0.859. The van der Waals surface area contributed by atoms with Crippen molar-refractivity contribution in [1.29, 1.82) is 0 Å². The zero-order valence-corrected chi connectivity index (χ0v) is 20.0. The van der Waals surface area contributed by atoms with E-state index in [1.165, 1.54) is 19.3 Å². The number of hydrogen-bond donors (Lipinski definition) is 0. The molecule has 0 saturated carbocycles. The van der Waals surface area contributed by atoms with Crippen LogP contribution in [0.15, 0.2) is 41.3 Å². The van der Waals surface area contributed by atoms with Crippen LogP contribution in [0.2, 0.25) is 10.0 Å². The normalized spacial score (nSPS) is 19.5. The third-order valence-electron chi connectivity index (χ3n) is 6.11. The van der Waals surface area contributed by atoms with Gasteiger partial charge in [0.2, 0.25) is 10.0 Å². The molecule has 2 aromatic carbocycles. The van der Waals surface area contributed by atoms with Gasteiger partial charge in [-0.3, -0.25) is 0 Å². The minimum atomic E-state index is -3.69. The summed E-state index contributed by atoms with van der Waals surface area (Å²) in [5, 5.41) is 0.859. The van der Waals surface area contributed by atoms with Gasteiger partial charge in [0.15, 0.2) is 0 Å². The summed E-state index contributed by atoms with van der Waals surface area (Å²) in [4.78, 5) is 2.72. The Morgan fingerprint density at radius 3 is 2.19 bits per heavy atom. The Hall–Kier alpha value is -1.31. The second-order valence-corrected chi connectivity index (χ2v) is 11.2. The van der Waals surface area contributed by atoms with Crippen molar-refractivity contribution in [2.75, 3.05) is 26.2 Å². The van der Waals surface area contributed by atoms with Crippen molar-refractivity contribution < 1.29 is 13.2 Å². The Bertz CT molecular complexity index is 1010. The molecule has 0 amide bonds. The van der Waals surface area contributed by atoms with Crippen LogP contribution in [0.3, 0.4) is 0 Å². The maximum absolute atomic E-state index is 13.5. The fraction of sp³-hybridized carbons (Fsp3) is 0.478. The average molecular weight is 483 g/mol. The van der Waals surface area contributed by atoms with Gasteiger partial charge in [-0.1, -0.05) is 35.7 Å². The molecule has 0 bridgehead atoms. The van der Waals surface area contributed by atoms with Crippen molar-refractivity contribution in [3.05, 3.63) is 52.0 Å².